The number of aryl methyl sites for hydroxylation is 1. The third-order valence-electron chi connectivity index (χ3n) is 3.45. The number of aromatic nitrogens is 2. The number of hydrogen-bond donors (Lipinski definition) is 1. The van der Waals surface area contributed by atoms with E-state index in [-0.39, 0.29) is 18.5 Å². The van der Waals surface area contributed by atoms with Crippen LogP contribution in [0.1, 0.15) is 12.1 Å². The summed E-state index contributed by atoms with van der Waals surface area (Å²) in [7, 11) is 0. The molecular weight excluding hydrogens is 335 g/mol. The van der Waals surface area contributed by atoms with E-state index in [4.69, 9.17) is 15.3 Å². The Morgan fingerprint density at radius 2 is 2.17 bits per heavy atom. The Hall–Kier alpha value is -2.25. The number of oxime groups is 1. The first-order valence-corrected chi connectivity index (χ1v) is 7.29. The standard InChI is InChI=1S/C16H17FN4O2.ClH/c1-10-2-4-14(22-9-13-6-12(7-18)21-23-13)16(20-10)11-3-5-15(17)19-8-11;/h2-5,8,13H,6-7,9,18H2,1H3;1H. The molecule has 1 atom stereocenters. The first-order chi connectivity index (χ1) is 11.2. The second-order valence-corrected chi connectivity index (χ2v) is 5.27. The van der Waals surface area contributed by atoms with Gasteiger partial charge in [-0.2, -0.15) is 4.39 Å². The van der Waals surface area contributed by atoms with Crippen LogP contribution in [0, 0.1) is 12.9 Å². The van der Waals surface area contributed by atoms with Crippen molar-refractivity contribution >= 4 is 18.1 Å². The van der Waals surface area contributed by atoms with Gasteiger partial charge in [0, 0.05) is 30.4 Å². The van der Waals surface area contributed by atoms with E-state index in [1.54, 1.807) is 6.07 Å². The first kappa shape index (κ1) is 18.1. The molecule has 8 heteroatoms. The maximum Gasteiger partial charge on any atom is 0.212 e. The fourth-order valence-electron chi connectivity index (χ4n) is 2.26. The molecule has 0 aliphatic carbocycles. The predicted molar refractivity (Wildman–Crippen MR) is 90.9 cm³/mol. The van der Waals surface area contributed by atoms with Crippen molar-refractivity contribution in [1.29, 1.82) is 0 Å². The van der Waals surface area contributed by atoms with Crippen LogP contribution in [0.15, 0.2) is 35.6 Å². The summed E-state index contributed by atoms with van der Waals surface area (Å²) in [6.45, 7) is 2.60. The van der Waals surface area contributed by atoms with Gasteiger partial charge in [-0.05, 0) is 31.2 Å². The quantitative estimate of drug-likeness (QED) is 0.836. The fraction of sp³-hybridized carbons (Fsp3) is 0.312. The van der Waals surface area contributed by atoms with Crippen LogP contribution in [0.4, 0.5) is 4.39 Å². The van der Waals surface area contributed by atoms with Gasteiger partial charge in [-0.15, -0.1) is 12.4 Å². The molecule has 1 aliphatic heterocycles. The lowest BCUT2D eigenvalue weighted by Crippen LogP contribution is -2.20. The molecule has 0 radical (unpaired) electrons. The molecule has 0 aromatic carbocycles. The summed E-state index contributed by atoms with van der Waals surface area (Å²) in [6, 6.07) is 6.61. The van der Waals surface area contributed by atoms with Crippen molar-refractivity contribution in [2.45, 2.75) is 19.4 Å². The second-order valence-electron chi connectivity index (χ2n) is 5.27. The van der Waals surface area contributed by atoms with E-state index in [0.717, 1.165) is 11.4 Å². The van der Waals surface area contributed by atoms with Gasteiger partial charge in [-0.25, -0.2) is 9.97 Å². The van der Waals surface area contributed by atoms with Gasteiger partial charge < -0.3 is 15.3 Å². The van der Waals surface area contributed by atoms with Crippen LogP contribution < -0.4 is 10.5 Å². The molecule has 0 saturated carbocycles. The Balaban J connectivity index is 0.00000208. The van der Waals surface area contributed by atoms with Crippen LogP contribution in [0.5, 0.6) is 5.75 Å². The van der Waals surface area contributed by atoms with Crippen LogP contribution in [-0.4, -0.2) is 34.9 Å². The van der Waals surface area contributed by atoms with Crippen LogP contribution in [0.25, 0.3) is 11.3 Å². The van der Waals surface area contributed by atoms with Gasteiger partial charge in [-0.1, -0.05) is 5.16 Å². The molecule has 2 N–H and O–H groups in total. The number of nitrogens with zero attached hydrogens (tertiary/aromatic N) is 3. The number of ether oxygens (including phenoxy) is 1. The molecule has 0 amide bonds. The third-order valence-corrected chi connectivity index (χ3v) is 3.45. The van der Waals surface area contributed by atoms with Crippen molar-refractivity contribution in [2.75, 3.05) is 13.2 Å². The Morgan fingerprint density at radius 1 is 1.33 bits per heavy atom. The summed E-state index contributed by atoms with van der Waals surface area (Å²) in [5.74, 6) is 0.0588. The van der Waals surface area contributed by atoms with Crippen molar-refractivity contribution in [2.24, 2.45) is 10.9 Å². The van der Waals surface area contributed by atoms with Gasteiger partial charge in [-0.3, -0.25) is 0 Å². The Labute approximate surface area is 145 Å². The molecule has 24 heavy (non-hydrogen) atoms. The van der Waals surface area contributed by atoms with Crippen LogP contribution in [0.2, 0.25) is 0 Å². The molecule has 0 fully saturated rings. The monoisotopic (exact) mass is 352 g/mol. The van der Waals surface area contributed by atoms with E-state index in [0.29, 0.717) is 36.6 Å². The minimum absolute atomic E-state index is 0. The SMILES string of the molecule is Cc1ccc(OCC2CC(CN)=NO2)c(-c2ccc(F)nc2)n1.Cl. The maximum absolute atomic E-state index is 13.0. The second kappa shape index (κ2) is 8.03. The number of halogens is 2. The minimum Gasteiger partial charge on any atom is -0.487 e. The molecule has 2 aromatic rings. The molecule has 1 unspecified atom stereocenters. The molecule has 2 aromatic heterocycles. The smallest absolute Gasteiger partial charge is 0.212 e. The van der Waals surface area contributed by atoms with Crippen molar-refractivity contribution in [3.63, 3.8) is 0 Å². The van der Waals surface area contributed by atoms with Gasteiger partial charge >= 0.3 is 0 Å². The lowest BCUT2D eigenvalue weighted by atomic mass is 10.1. The lowest BCUT2D eigenvalue weighted by molar-refractivity contribution is 0.0471. The fourth-order valence-corrected chi connectivity index (χ4v) is 2.26. The van der Waals surface area contributed by atoms with Crippen molar-refractivity contribution in [3.8, 4) is 17.0 Å². The van der Waals surface area contributed by atoms with Crippen LogP contribution in [-0.2, 0) is 4.84 Å². The van der Waals surface area contributed by atoms with E-state index < -0.39 is 5.95 Å². The molecule has 1 aliphatic rings. The lowest BCUT2D eigenvalue weighted by Gasteiger charge is -2.14. The molecule has 3 heterocycles. The van der Waals surface area contributed by atoms with E-state index in [1.165, 1.54) is 12.3 Å². The predicted octanol–water partition coefficient (Wildman–Crippen LogP) is 2.50. The molecule has 0 spiro atoms. The molecule has 6 nitrogen and oxygen atoms in total. The minimum atomic E-state index is -0.533. The zero-order valence-electron chi connectivity index (χ0n) is 13.1. The van der Waals surface area contributed by atoms with Crippen molar-refractivity contribution in [3.05, 3.63) is 42.1 Å². The number of rotatable bonds is 5. The first-order valence-electron chi connectivity index (χ1n) is 7.29. The average molecular weight is 353 g/mol. The summed E-state index contributed by atoms with van der Waals surface area (Å²) in [5.41, 5.74) is 8.50. The summed E-state index contributed by atoms with van der Waals surface area (Å²) in [5, 5.41) is 3.90. The Morgan fingerprint density at radius 3 is 2.83 bits per heavy atom. The highest BCUT2D eigenvalue weighted by molar-refractivity contribution is 5.87. The largest absolute Gasteiger partial charge is 0.487 e. The van der Waals surface area contributed by atoms with Crippen molar-refractivity contribution in [1.82, 2.24) is 9.97 Å². The van der Waals surface area contributed by atoms with E-state index in [1.807, 2.05) is 19.1 Å². The molecule has 0 saturated heterocycles. The molecule has 128 valence electrons. The Bertz CT molecular complexity index is 725. The van der Waals surface area contributed by atoms with E-state index >= 15 is 0 Å². The number of pyridine rings is 2. The normalized spacial score (nSPS) is 16.1. The van der Waals surface area contributed by atoms with Gasteiger partial charge in [0.15, 0.2) is 6.10 Å². The maximum atomic E-state index is 13.0. The number of nitrogens with two attached hydrogens (primary N) is 1. The topological polar surface area (TPSA) is 82.6 Å². The van der Waals surface area contributed by atoms with Gasteiger partial charge in [0.2, 0.25) is 5.95 Å². The van der Waals surface area contributed by atoms with Gasteiger partial charge in [0.05, 0.1) is 5.71 Å². The zero-order valence-corrected chi connectivity index (χ0v) is 13.9. The summed E-state index contributed by atoms with van der Waals surface area (Å²) in [6.07, 6.45) is 1.93. The highest BCUT2D eigenvalue weighted by Gasteiger charge is 2.21. The van der Waals surface area contributed by atoms with Crippen LogP contribution in [0.3, 0.4) is 0 Å². The Kier molecular flexibility index (Phi) is 6.05. The van der Waals surface area contributed by atoms with Gasteiger partial charge in [0.25, 0.3) is 0 Å². The molecule has 3 rings (SSSR count). The highest BCUT2D eigenvalue weighted by Crippen LogP contribution is 2.28. The van der Waals surface area contributed by atoms with Crippen molar-refractivity contribution < 1.29 is 14.0 Å². The third kappa shape index (κ3) is 4.18. The van der Waals surface area contributed by atoms with E-state index in [2.05, 4.69) is 15.1 Å². The highest BCUT2D eigenvalue weighted by atomic mass is 35.5. The summed E-state index contributed by atoms with van der Waals surface area (Å²) < 4.78 is 18.8. The summed E-state index contributed by atoms with van der Waals surface area (Å²) >= 11 is 0. The van der Waals surface area contributed by atoms with E-state index in [9.17, 15) is 4.39 Å². The summed E-state index contributed by atoms with van der Waals surface area (Å²) in [4.78, 5) is 13.4. The zero-order chi connectivity index (χ0) is 16.2. The molecule has 0 bridgehead atoms. The average Bonchev–Trinajstić information content (AvgIpc) is 3.02. The molecular formula is C16H18ClFN4O2. The van der Waals surface area contributed by atoms with Crippen LogP contribution >= 0.6 is 12.4 Å². The number of hydrogen-bond acceptors (Lipinski definition) is 6. The van der Waals surface area contributed by atoms with Gasteiger partial charge in [0.1, 0.15) is 18.1 Å².